The molecule has 4 heteroatoms. The van der Waals surface area contributed by atoms with Gasteiger partial charge < -0.3 is 14.6 Å². The summed E-state index contributed by atoms with van der Waals surface area (Å²) in [6, 6.07) is 5.84. The van der Waals surface area contributed by atoms with Crippen LogP contribution in [0.25, 0.3) is 0 Å². The van der Waals surface area contributed by atoms with E-state index in [9.17, 15) is 5.11 Å². The molecule has 1 aliphatic rings. The second kappa shape index (κ2) is 6.37. The number of hydrogen-bond donors (Lipinski definition) is 1. The molecule has 4 nitrogen and oxygen atoms in total. The summed E-state index contributed by atoms with van der Waals surface area (Å²) in [6.45, 7) is 6.95. The highest BCUT2D eigenvalue weighted by atomic mass is 16.5. The van der Waals surface area contributed by atoms with Gasteiger partial charge in [0.1, 0.15) is 5.75 Å². The first-order valence-corrected chi connectivity index (χ1v) is 6.77. The maximum atomic E-state index is 9.24. The summed E-state index contributed by atoms with van der Waals surface area (Å²) < 4.78 is 11.1. The molecule has 1 aliphatic heterocycles. The highest BCUT2D eigenvalue weighted by Crippen LogP contribution is 2.23. The van der Waals surface area contributed by atoms with Crippen molar-refractivity contribution in [3.63, 3.8) is 0 Å². The summed E-state index contributed by atoms with van der Waals surface area (Å²) in [6.07, 6.45) is 0.520. The van der Waals surface area contributed by atoms with Gasteiger partial charge in [-0.15, -0.1) is 0 Å². The molecule has 19 heavy (non-hydrogen) atoms. The number of rotatable bonds is 4. The highest BCUT2D eigenvalue weighted by molar-refractivity contribution is 5.37. The normalized spacial score (nSPS) is 24.4. The van der Waals surface area contributed by atoms with E-state index in [1.165, 1.54) is 0 Å². The smallest absolute Gasteiger partial charge is 0.123 e. The molecule has 1 N–H and O–H groups in total. The van der Waals surface area contributed by atoms with Gasteiger partial charge in [0.15, 0.2) is 0 Å². The number of aliphatic hydroxyl groups excluding tert-OH is 1. The van der Waals surface area contributed by atoms with E-state index in [2.05, 4.69) is 18.7 Å². The molecule has 0 bridgehead atoms. The molecule has 1 fully saturated rings. The summed E-state index contributed by atoms with van der Waals surface area (Å²) in [5.41, 5.74) is 2.04. The molecule has 1 heterocycles. The van der Waals surface area contributed by atoms with Crippen molar-refractivity contribution < 1.29 is 14.6 Å². The van der Waals surface area contributed by atoms with Crippen LogP contribution in [0.4, 0.5) is 0 Å². The van der Waals surface area contributed by atoms with Crippen molar-refractivity contribution in [1.29, 1.82) is 0 Å². The van der Waals surface area contributed by atoms with E-state index in [0.29, 0.717) is 0 Å². The van der Waals surface area contributed by atoms with Crippen LogP contribution in [0, 0.1) is 0 Å². The fraction of sp³-hybridized carbons (Fsp3) is 0.600. The van der Waals surface area contributed by atoms with Crippen molar-refractivity contribution in [2.24, 2.45) is 0 Å². The first kappa shape index (κ1) is 14.3. The van der Waals surface area contributed by atoms with Crippen LogP contribution in [0.2, 0.25) is 0 Å². The number of ether oxygens (including phenoxy) is 2. The minimum atomic E-state index is 0.0624. The number of aliphatic hydroxyl groups is 1. The molecule has 0 radical (unpaired) electrons. The Hall–Kier alpha value is -1.10. The van der Waals surface area contributed by atoms with Crippen LogP contribution in [0.3, 0.4) is 0 Å². The fourth-order valence-electron chi connectivity index (χ4n) is 2.71. The average Bonchev–Trinajstić information content (AvgIpc) is 2.37. The Kier molecular flexibility index (Phi) is 4.80. The van der Waals surface area contributed by atoms with Gasteiger partial charge >= 0.3 is 0 Å². The Morgan fingerprint density at radius 1 is 1.32 bits per heavy atom. The molecule has 1 aromatic rings. The molecule has 0 aliphatic carbocycles. The molecule has 1 saturated heterocycles. The summed E-state index contributed by atoms with van der Waals surface area (Å²) >= 11 is 0. The maximum Gasteiger partial charge on any atom is 0.123 e. The zero-order valence-electron chi connectivity index (χ0n) is 11.9. The summed E-state index contributed by atoms with van der Waals surface area (Å²) in [7, 11) is 1.68. The largest absolute Gasteiger partial charge is 0.496 e. The van der Waals surface area contributed by atoms with Crippen molar-refractivity contribution in [3.8, 4) is 5.75 Å². The molecule has 0 saturated carbocycles. The van der Waals surface area contributed by atoms with Gasteiger partial charge in [-0.25, -0.2) is 0 Å². The average molecular weight is 265 g/mol. The monoisotopic (exact) mass is 265 g/mol. The van der Waals surface area contributed by atoms with E-state index in [4.69, 9.17) is 9.47 Å². The van der Waals surface area contributed by atoms with E-state index in [1.807, 2.05) is 18.2 Å². The van der Waals surface area contributed by atoms with Crippen LogP contribution in [0.1, 0.15) is 25.0 Å². The van der Waals surface area contributed by atoms with Gasteiger partial charge in [0.25, 0.3) is 0 Å². The number of morpholine rings is 1. The first-order valence-electron chi connectivity index (χ1n) is 6.77. The Morgan fingerprint density at radius 3 is 2.58 bits per heavy atom. The van der Waals surface area contributed by atoms with Gasteiger partial charge in [-0.2, -0.15) is 0 Å². The van der Waals surface area contributed by atoms with E-state index in [-0.39, 0.29) is 18.8 Å². The van der Waals surface area contributed by atoms with E-state index in [0.717, 1.165) is 36.5 Å². The Morgan fingerprint density at radius 2 is 2.00 bits per heavy atom. The summed E-state index contributed by atoms with van der Waals surface area (Å²) in [5.74, 6) is 0.879. The highest BCUT2D eigenvalue weighted by Gasteiger charge is 2.22. The molecule has 2 atom stereocenters. The topological polar surface area (TPSA) is 41.9 Å². The zero-order chi connectivity index (χ0) is 13.8. The molecule has 1 aromatic carbocycles. The van der Waals surface area contributed by atoms with E-state index in [1.54, 1.807) is 7.11 Å². The number of benzene rings is 1. The van der Waals surface area contributed by atoms with Crippen LogP contribution in [0.15, 0.2) is 18.2 Å². The molecule has 0 aromatic heterocycles. The molecule has 0 amide bonds. The number of nitrogens with zero attached hydrogens (tertiary/aromatic N) is 1. The third-order valence-electron chi connectivity index (χ3n) is 3.42. The lowest BCUT2D eigenvalue weighted by Crippen LogP contribution is -2.44. The Bertz CT molecular complexity index is 412. The van der Waals surface area contributed by atoms with Crippen molar-refractivity contribution in [1.82, 2.24) is 4.90 Å². The lowest BCUT2D eigenvalue weighted by Gasteiger charge is -2.35. The van der Waals surface area contributed by atoms with Crippen molar-refractivity contribution >= 4 is 0 Å². The molecular weight excluding hydrogens is 242 g/mol. The number of methoxy groups -OCH3 is 1. The van der Waals surface area contributed by atoms with E-state index >= 15 is 0 Å². The third kappa shape index (κ3) is 3.69. The predicted octanol–water partition coefficient (Wildman–Crippen LogP) is 1.80. The quantitative estimate of drug-likeness (QED) is 0.901. The second-order valence-corrected chi connectivity index (χ2v) is 5.26. The third-order valence-corrected chi connectivity index (χ3v) is 3.42. The lowest BCUT2D eigenvalue weighted by molar-refractivity contribution is -0.0706. The van der Waals surface area contributed by atoms with Gasteiger partial charge in [-0.1, -0.05) is 6.07 Å². The standard InChI is InChI=1S/C15H23NO3/c1-11-7-16(8-12(2)19-11)9-14-6-13(10-17)4-5-15(14)18-3/h4-6,11-12,17H,7-10H2,1-3H3. The minimum Gasteiger partial charge on any atom is -0.496 e. The lowest BCUT2D eigenvalue weighted by atomic mass is 10.1. The van der Waals surface area contributed by atoms with Gasteiger partial charge in [0, 0.05) is 25.2 Å². The van der Waals surface area contributed by atoms with Crippen molar-refractivity contribution in [2.45, 2.75) is 39.2 Å². The minimum absolute atomic E-state index is 0.0624. The molecule has 2 rings (SSSR count). The summed E-state index contributed by atoms with van der Waals surface area (Å²) in [5, 5.41) is 9.24. The van der Waals surface area contributed by atoms with Gasteiger partial charge in [-0.05, 0) is 31.5 Å². The Labute approximate surface area is 114 Å². The number of hydrogen-bond acceptors (Lipinski definition) is 4. The van der Waals surface area contributed by atoms with Crippen LogP contribution in [-0.2, 0) is 17.9 Å². The molecule has 106 valence electrons. The Balaban J connectivity index is 2.12. The zero-order valence-corrected chi connectivity index (χ0v) is 11.9. The predicted molar refractivity (Wildman–Crippen MR) is 74.2 cm³/mol. The fourth-order valence-corrected chi connectivity index (χ4v) is 2.71. The van der Waals surface area contributed by atoms with Gasteiger partial charge in [0.2, 0.25) is 0 Å². The van der Waals surface area contributed by atoms with Crippen molar-refractivity contribution in [3.05, 3.63) is 29.3 Å². The van der Waals surface area contributed by atoms with Gasteiger partial charge in [-0.3, -0.25) is 4.90 Å². The maximum absolute atomic E-state index is 9.24. The molecule has 0 spiro atoms. The second-order valence-electron chi connectivity index (χ2n) is 5.26. The molecular formula is C15H23NO3. The van der Waals surface area contributed by atoms with Crippen molar-refractivity contribution in [2.75, 3.05) is 20.2 Å². The summed E-state index contributed by atoms with van der Waals surface area (Å²) in [4.78, 5) is 2.37. The SMILES string of the molecule is COc1ccc(CO)cc1CN1CC(C)OC(C)C1. The van der Waals surface area contributed by atoms with Crippen LogP contribution < -0.4 is 4.74 Å². The van der Waals surface area contributed by atoms with E-state index < -0.39 is 0 Å². The van der Waals surface area contributed by atoms with Crippen LogP contribution >= 0.6 is 0 Å². The first-order chi connectivity index (χ1) is 9.12. The van der Waals surface area contributed by atoms with Gasteiger partial charge in [0.05, 0.1) is 25.9 Å². The van der Waals surface area contributed by atoms with Crippen LogP contribution in [-0.4, -0.2) is 42.4 Å². The molecule has 2 unspecified atom stereocenters. The van der Waals surface area contributed by atoms with Crippen LogP contribution in [0.5, 0.6) is 5.75 Å².